The number of benzene rings is 1. The van der Waals surface area contributed by atoms with Gasteiger partial charge >= 0.3 is 6.03 Å². The minimum Gasteiger partial charge on any atom is -0.370 e. The normalized spacial score (nSPS) is 19.0. The first kappa shape index (κ1) is 36.9. The summed E-state index contributed by atoms with van der Waals surface area (Å²) in [7, 11) is 0. The minimum absolute atomic E-state index is 0.0169. The number of amides is 3. The molecule has 55 heavy (non-hydrogen) atoms. The number of imide groups is 1. The molecule has 4 aromatic rings. The quantitative estimate of drug-likeness (QED) is 0.211. The number of aryl methyl sites for hydroxylation is 2. The molecule has 0 radical (unpaired) electrons. The summed E-state index contributed by atoms with van der Waals surface area (Å²) in [4.78, 5) is 73.0. The molecule has 1 saturated carbocycles. The van der Waals surface area contributed by atoms with Crippen molar-refractivity contribution in [2.45, 2.75) is 77.8 Å². The van der Waals surface area contributed by atoms with E-state index < -0.39 is 6.03 Å². The number of nitrogens with zero attached hydrogens (tertiary/aromatic N) is 8. The van der Waals surface area contributed by atoms with Gasteiger partial charge in [-0.3, -0.25) is 34.1 Å². The van der Waals surface area contributed by atoms with E-state index in [9.17, 15) is 19.2 Å². The molecule has 3 aromatic heterocycles. The number of piperidine rings is 1. The number of hydrogen-bond donors (Lipinski definition) is 2. The fourth-order valence-electron chi connectivity index (χ4n) is 8.88. The van der Waals surface area contributed by atoms with E-state index in [1.807, 2.05) is 31.3 Å². The molecular formula is C40H47ClN10O4. The summed E-state index contributed by atoms with van der Waals surface area (Å²) in [6, 6.07) is 8.01. The smallest absolute Gasteiger partial charge is 0.328 e. The molecule has 8 rings (SSSR count). The standard InChI is InChI=1S/C40H47ClN10O4/c1-24-20-33(50-15-12-35(53)45-40(50)55)31(41)21-32(24)49-18-16-48(17-19-49)27-10-13-47(14-11-27)29-8-9-34(42-22-29)44-39-43-23-30-25(2)36(26(3)52)38(54)51(37(30)46-39)28-6-4-5-7-28/h8-9,20-23,27-28H,4-7,10-19H2,1-3H3,(H,45,53,55)(H,42,43,44,46). The number of rotatable bonds is 8. The number of nitrogens with one attached hydrogen (secondary N) is 2. The van der Waals surface area contributed by atoms with Crippen LogP contribution in [0.5, 0.6) is 0 Å². The van der Waals surface area contributed by atoms with Crippen molar-refractivity contribution in [3.05, 3.63) is 68.7 Å². The van der Waals surface area contributed by atoms with Crippen LogP contribution < -0.4 is 30.9 Å². The van der Waals surface area contributed by atoms with Gasteiger partial charge in [0.15, 0.2) is 5.78 Å². The zero-order valence-electron chi connectivity index (χ0n) is 31.6. The zero-order valence-corrected chi connectivity index (χ0v) is 32.4. The van der Waals surface area contributed by atoms with Crippen LogP contribution in [0.3, 0.4) is 0 Å². The number of urea groups is 1. The van der Waals surface area contributed by atoms with Crippen molar-refractivity contribution in [3.8, 4) is 0 Å². The van der Waals surface area contributed by atoms with Gasteiger partial charge in [-0.1, -0.05) is 24.4 Å². The molecule has 0 bridgehead atoms. The monoisotopic (exact) mass is 766 g/mol. The Morgan fingerprint density at radius 1 is 0.855 bits per heavy atom. The summed E-state index contributed by atoms with van der Waals surface area (Å²) in [6.45, 7) is 11.2. The van der Waals surface area contributed by atoms with Gasteiger partial charge in [0.25, 0.3) is 5.56 Å². The number of halogens is 1. The lowest BCUT2D eigenvalue weighted by Gasteiger charge is -2.44. The van der Waals surface area contributed by atoms with Crippen LogP contribution in [0.25, 0.3) is 11.0 Å². The van der Waals surface area contributed by atoms with Gasteiger partial charge in [0.1, 0.15) is 11.5 Å². The maximum absolute atomic E-state index is 13.6. The Labute approximate surface area is 324 Å². The van der Waals surface area contributed by atoms with Crippen molar-refractivity contribution in [1.29, 1.82) is 0 Å². The second-order valence-corrected chi connectivity index (χ2v) is 15.6. The van der Waals surface area contributed by atoms with Crippen LogP contribution >= 0.6 is 11.6 Å². The highest BCUT2D eigenvalue weighted by Crippen LogP contribution is 2.36. The van der Waals surface area contributed by atoms with E-state index in [-0.39, 0.29) is 35.3 Å². The molecule has 0 spiro atoms. The van der Waals surface area contributed by atoms with E-state index in [2.05, 4.69) is 36.4 Å². The zero-order chi connectivity index (χ0) is 38.4. The van der Waals surface area contributed by atoms with Crippen LogP contribution in [-0.4, -0.2) is 94.0 Å². The molecule has 1 aromatic carbocycles. The number of aromatic nitrogens is 4. The summed E-state index contributed by atoms with van der Waals surface area (Å²) in [6.07, 6.45) is 9.85. The molecule has 0 atom stereocenters. The van der Waals surface area contributed by atoms with Crippen LogP contribution in [0, 0.1) is 13.8 Å². The van der Waals surface area contributed by atoms with Gasteiger partial charge in [-0.05, 0) is 81.8 Å². The third kappa shape index (κ3) is 7.25. The second-order valence-electron chi connectivity index (χ2n) is 15.2. The number of hydrogen-bond acceptors (Lipinski definition) is 11. The maximum Gasteiger partial charge on any atom is 0.328 e. The van der Waals surface area contributed by atoms with E-state index in [4.69, 9.17) is 21.6 Å². The largest absolute Gasteiger partial charge is 0.370 e. The van der Waals surface area contributed by atoms with E-state index in [0.717, 1.165) is 94.7 Å². The molecule has 3 amide bonds. The first-order chi connectivity index (χ1) is 26.5. The topological polar surface area (TPSA) is 149 Å². The molecule has 3 aliphatic heterocycles. The Kier molecular flexibility index (Phi) is 10.2. The number of ketones is 1. The number of fused-ring (bicyclic) bond motifs is 1. The van der Waals surface area contributed by atoms with Crippen LogP contribution in [0.1, 0.15) is 79.4 Å². The highest BCUT2D eigenvalue weighted by molar-refractivity contribution is 6.34. The maximum atomic E-state index is 13.6. The van der Waals surface area contributed by atoms with Gasteiger partial charge in [-0.25, -0.2) is 14.8 Å². The highest BCUT2D eigenvalue weighted by atomic mass is 35.5. The van der Waals surface area contributed by atoms with Crippen molar-refractivity contribution >= 4 is 69.2 Å². The Morgan fingerprint density at radius 2 is 1.60 bits per heavy atom. The van der Waals surface area contributed by atoms with Crippen molar-refractivity contribution in [1.82, 2.24) is 29.7 Å². The van der Waals surface area contributed by atoms with E-state index in [0.29, 0.717) is 51.7 Å². The second kappa shape index (κ2) is 15.2. The van der Waals surface area contributed by atoms with Crippen LogP contribution in [-0.2, 0) is 4.79 Å². The summed E-state index contributed by atoms with van der Waals surface area (Å²) in [5.41, 5.74) is 4.96. The lowest BCUT2D eigenvalue weighted by molar-refractivity contribution is -0.120. The van der Waals surface area contributed by atoms with Crippen LogP contribution in [0.4, 0.5) is 33.6 Å². The molecule has 6 heterocycles. The van der Waals surface area contributed by atoms with Gasteiger partial charge in [-0.2, -0.15) is 4.98 Å². The molecule has 15 heteroatoms. The lowest BCUT2D eigenvalue weighted by atomic mass is 10.0. The summed E-state index contributed by atoms with van der Waals surface area (Å²) < 4.78 is 1.72. The molecule has 4 aliphatic rings. The fourth-order valence-corrected chi connectivity index (χ4v) is 9.14. The van der Waals surface area contributed by atoms with Crippen LogP contribution in [0.15, 0.2) is 41.5 Å². The van der Waals surface area contributed by atoms with Gasteiger partial charge in [0.2, 0.25) is 11.9 Å². The predicted molar refractivity (Wildman–Crippen MR) is 214 cm³/mol. The first-order valence-corrected chi connectivity index (χ1v) is 19.7. The molecule has 0 unspecified atom stereocenters. The molecule has 288 valence electrons. The summed E-state index contributed by atoms with van der Waals surface area (Å²) in [5, 5.41) is 6.83. The third-order valence-corrected chi connectivity index (χ3v) is 12.2. The summed E-state index contributed by atoms with van der Waals surface area (Å²) in [5.74, 6) is 0.469. The third-order valence-electron chi connectivity index (χ3n) is 11.8. The number of carbonyl (C=O) groups is 3. The average molecular weight is 767 g/mol. The van der Waals surface area contributed by atoms with Gasteiger partial charge < -0.3 is 15.1 Å². The van der Waals surface area contributed by atoms with Crippen molar-refractivity contribution in [2.75, 3.05) is 65.8 Å². The van der Waals surface area contributed by atoms with Crippen LogP contribution in [0.2, 0.25) is 5.02 Å². The van der Waals surface area contributed by atoms with E-state index >= 15 is 0 Å². The Morgan fingerprint density at radius 3 is 2.27 bits per heavy atom. The summed E-state index contributed by atoms with van der Waals surface area (Å²) >= 11 is 6.70. The van der Waals surface area contributed by atoms with Gasteiger partial charge in [-0.15, -0.1) is 0 Å². The SMILES string of the molecule is CC(=O)c1c(C)c2cnc(Nc3ccc(N4CCC(N5CCN(c6cc(Cl)c(N7CCC(=O)NC7=O)cc6C)CC5)CC4)cn3)nc2n(C2CCCC2)c1=O. The number of Topliss-reactive ketones (excluding diaryl/α,β-unsaturated/α-hetero) is 1. The van der Waals surface area contributed by atoms with E-state index in [1.54, 1.807) is 17.7 Å². The molecule has 14 nitrogen and oxygen atoms in total. The highest BCUT2D eigenvalue weighted by Gasteiger charge is 2.31. The molecule has 3 saturated heterocycles. The fraction of sp³-hybridized carbons (Fsp3) is 0.475. The van der Waals surface area contributed by atoms with Gasteiger partial charge in [0.05, 0.1) is 28.2 Å². The van der Waals surface area contributed by atoms with Crippen molar-refractivity contribution < 1.29 is 14.4 Å². The first-order valence-electron chi connectivity index (χ1n) is 19.4. The molecule has 1 aliphatic carbocycles. The molecule has 4 fully saturated rings. The molecule has 2 N–H and O–H groups in total. The Hall–Kier alpha value is -5.08. The predicted octanol–water partition coefficient (Wildman–Crippen LogP) is 5.76. The minimum atomic E-state index is -0.433. The number of piperazine rings is 1. The van der Waals surface area contributed by atoms with Crippen molar-refractivity contribution in [3.63, 3.8) is 0 Å². The number of anilines is 5. The lowest BCUT2D eigenvalue weighted by Crippen LogP contribution is -2.53. The number of carbonyl (C=O) groups excluding carboxylic acids is 3. The van der Waals surface area contributed by atoms with Crippen molar-refractivity contribution in [2.24, 2.45) is 0 Å². The molecular weight excluding hydrogens is 720 g/mol. The van der Waals surface area contributed by atoms with Gasteiger partial charge in [0, 0.05) is 81.6 Å². The Bertz CT molecular complexity index is 2200. The average Bonchev–Trinajstić information content (AvgIpc) is 3.71. The van der Waals surface area contributed by atoms with E-state index in [1.165, 1.54) is 11.8 Å². The number of pyridine rings is 2. The Balaban J connectivity index is 0.870.